The van der Waals surface area contributed by atoms with E-state index in [-0.39, 0.29) is 0 Å². The lowest BCUT2D eigenvalue weighted by Gasteiger charge is -2.11. The molecule has 0 saturated carbocycles. The zero-order valence-electron chi connectivity index (χ0n) is 14.1. The Hall–Kier alpha value is -2.56. The fourth-order valence-electron chi connectivity index (χ4n) is 2.38. The van der Waals surface area contributed by atoms with E-state index in [0.717, 1.165) is 35.2 Å². The van der Waals surface area contributed by atoms with E-state index in [9.17, 15) is 0 Å². The summed E-state index contributed by atoms with van der Waals surface area (Å²) in [5.41, 5.74) is 2.13. The molecule has 0 saturated heterocycles. The Morgan fingerprint density at radius 1 is 0.846 bits per heavy atom. The third-order valence-electron chi connectivity index (χ3n) is 3.70. The first kappa shape index (κ1) is 18.2. The minimum atomic E-state index is 0.593. The highest BCUT2D eigenvalue weighted by molar-refractivity contribution is 7.80. The molecule has 0 bridgehead atoms. The van der Waals surface area contributed by atoms with Crippen molar-refractivity contribution in [3.8, 4) is 11.5 Å². The molecule has 0 aliphatic carbocycles. The summed E-state index contributed by atoms with van der Waals surface area (Å²) in [6.07, 6.45) is 0.878. The van der Waals surface area contributed by atoms with E-state index < -0.39 is 0 Å². The molecule has 0 aromatic heterocycles. The summed E-state index contributed by atoms with van der Waals surface area (Å²) < 4.78 is 5.77. The molecule has 0 atom stereocenters. The Morgan fingerprint density at radius 2 is 1.50 bits per heavy atom. The topological polar surface area (TPSA) is 33.3 Å². The molecule has 0 heterocycles. The Bertz CT molecular complexity index is 836. The molecule has 3 nitrogen and oxygen atoms in total. The molecule has 0 amide bonds. The number of hydrogen-bond acceptors (Lipinski definition) is 2. The van der Waals surface area contributed by atoms with Crippen molar-refractivity contribution in [3.05, 3.63) is 89.4 Å². The van der Waals surface area contributed by atoms with Crippen LogP contribution < -0.4 is 15.4 Å². The van der Waals surface area contributed by atoms with Crippen molar-refractivity contribution in [1.82, 2.24) is 5.32 Å². The first-order valence-electron chi connectivity index (χ1n) is 8.31. The molecule has 2 N–H and O–H groups in total. The minimum absolute atomic E-state index is 0.593. The van der Waals surface area contributed by atoms with Crippen molar-refractivity contribution in [1.29, 1.82) is 0 Å². The minimum Gasteiger partial charge on any atom is -0.457 e. The van der Waals surface area contributed by atoms with Gasteiger partial charge < -0.3 is 15.4 Å². The van der Waals surface area contributed by atoms with Crippen LogP contribution in [-0.4, -0.2) is 11.7 Å². The lowest BCUT2D eigenvalue weighted by Crippen LogP contribution is -2.30. The molecule has 3 aromatic rings. The first-order valence-corrected chi connectivity index (χ1v) is 9.10. The lowest BCUT2D eigenvalue weighted by atomic mass is 10.1. The second-order valence-electron chi connectivity index (χ2n) is 5.70. The molecule has 0 spiro atoms. The number of para-hydroxylation sites is 1. The Labute approximate surface area is 164 Å². The maximum absolute atomic E-state index is 5.89. The predicted molar refractivity (Wildman–Crippen MR) is 112 cm³/mol. The van der Waals surface area contributed by atoms with Crippen LogP contribution in [0.3, 0.4) is 0 Å². The molecule has 0 fully saturated rings. The summed E-state index contributed by atoms with van der Waals surface area (Å²) in [5, 5.41) is 7.72. The van der Waals surface area contributed by atoms with Gasteiger partial charge in [0.05, 0.1) is 0 Å². The number of benzene rings is 3. The van der Waals surface area contributed by atoms with Gasteiger partial charge in [-0.25, -0.2) is 0 Å². The van der Waals surface area contributed by atoms with Gasteiger partial charge in [-0.3, -0.25) is 0 Å². The number of anilines is 1. The van der Waals surface area contributed by atoms with Gasteiger partial charge in [0.15, 0.2) is 5.11 Å². The van der Waals surface area contributed by atoms with E-state index in [1.165, 1.54) is 5.56 Å². The van der Waals surface area contributed by atoms with Crippen LogP contribution in [0.15, 0.2) is 78.9 Å². The maximum Gasteiger partial charge on any atom is 0.170 e. The van der Waals surface area contributed by atoms with Crippen LogP contribution in [0, 0.1) is 0 Å². The van der Waals surface area contributed by atoms with Crippen molar-refractivity contribution in [2.24, 2.45) is 0 Å². The van der Waals surface area contributed by atoms with Crippen molar-refractivity contribution < 1.29 is 4.74 Å². The number of nitrogens with one attached hydrogen (secondary N) is 2. The zero-order chi connectivity index (χ0) is 18.2. The fraction of sp³-hybridized carbons (Fsp3) is 0.0952. The smallest absolute Gasteiger partial charge is 0.170 e. The van der Waals surface area contributed by atoms with Gasteiger partial charge in [-0.2, -0.15) is 0 Å². The van der Waals surface area contributed by atoms with Crippen LogP contribution in [0.5, 0.6) is 11.5 Å². The van der Waals surface area contributed by atoms with E-state index in [1.807, 2.05) is 78.9 Å². The SMILES string of the molecule is S=C(NCCc1ccc(Cl)cc1)Nc1ccc(Oc2ccccc2)cc1. The van der Waals surface area contributed by atoms with Crippen molar-refractivity contribution in [2.45, 2.75) is 6.42 Å². The van der Waals surface area contributed by atoms with Gasteiger partial charge in [0.2, 0.25) is 0 Å². The van der Waals surface area contributed by atoms with Crippen LogP contribution >= 0.6 is 23.8 Å². The van der Waals surface area contributed by atoms with Gasteiger partial charge in [-0.1, -0.05) is 41.9 Å². The Balaban J connectivity index is 1.44. The highest BCUT2D eigenvalue weighted by atomic mass is 35.5. The van der Waals surface area contributed by atoms with Gasteiger partial charge in [-0.05, 0) is 72.7 Å². The van der Waals surface area contributed by atoms with Gasteiger partial charge >= 0.3 is 0 Å². The molecule has 5 heteroatoms. The molecule has 132 valence electrons. The summed E-state index contributed by atoms with van der Waals surface area (Å²) in [4.78, 5) is 0. The fourth-order valence-corrected chi connectivity index (χ4v) is 2.72. The number of halogens is 1. The Morgan fingerprint density at radius 3 is 2.19 bits per heavy atom. The number of hydrogen-bond donors (Lipinski definition) is 2. The van der Waals surface area contributed by atoms with Crippen LogP contribution in [0.2, 0.25) is 5.02 Å². The highest BCUT2D eigenvalue weighted by Crippen LogP contribution is 2.22. The van der Waals surface area contributed by atoms with E-state index in [4.69, 9.17) is 28.6 Å². The summed E-state index contributed by atoms with van der Waals surface area (Å²) in [6, 6.07) is 25.2. The quantitative estimate of drug-likeness (QED) is 0.539. The van der Waals surface area contributed by atoms with E-state index >= 15 is 0 Å². The second kappa shape index (κ2) is 9.22. The lowest BCUT2D eigenvalue weighted by molar-refractivity contribution is 0.483. The number of rotatable bonds is 6. The molecule has 3 aromatic carbocycles. The van der Waals surface area contributed by atoms with E-state index in [1.54, 1.807) is 0 Å². The van der Waals surface area contributed by atoms with Crippen LogP contribution in [-0.2, 0) is 6.42 Å². The van der Waals surface area contributed by atoms with Gasteiger partial charge in [0, 0.05) is 17.3 Å². The molecule has 0 aliphatic rings. The van der Waals surface area contributed by atoms with Crippen LogP contribution in [0.1, 0.15) is 5.56 Å². The molecular weight excluding hydrogens is 364 g/mol. The zero-order valence-corrected chi connectivity index (χ0v) is 15.7. The molecule has 3 rings (SSSR count). The largest absolute Gasteiger partial charge is 0.457 e. The molecular formula is C21H19ClN2OS. The summed E-state index contributed by atoms with van der Waals surface area (Å²) >= 11 is 11.2. The second-order valence-corrected chi connectivity index (χ2v) is 6.54. The first-order chi connectivity index (χ1) is 12.7. The maximum atomic E-state index is 5.89. The summed E-state index contributed by atoms with van der Waals surface area (Å²) in [5.74, 6) is 1.59. The van der Waals surface area contributed by atoms with Gasteiger partial charge in [-0.15, -0.1) is 0 Å². The van der Waals surface area contributed by atoms with Crippen LogP contribution in [0.25, 0.3) is 0 Å². The third-order valence-corrected chi connectivity index (χ3v) is 4.20. The third kappa shape index (κ3) is 5.76. The van der Waals surface area contributed by atoms with Gasteiger partial charge in [0.1, 0.15) is 11.5 Å². The summed E-state index contributed by atoms with van der Waals surface area (Å²) in [7, 11) is 0. The highest BCUT2D eigenvalue weighted by Gasteiger charge is 2.00. The van der Waals surface area contributed by atoms with Crippen molar-refractivity contribution >= 4 is 34.6 Å². The van der Waals surface area contributed by atoms with Crippen molar-refractivity contribution in [3.63, 3.8) is 0 Å². The normalized spacial score (nSPS) is 10.2. The predicted octanol–water partition coefficient (Wildman–Crippen LogP) is 5.66. The van der Waals surface area contributed by atoms with Crippen LogP contribution in [0.4, 0.5) is 5.69 Å². The number of thiocarbonyl (C=S) groups is 1. The van der Waals surface area contributed by atoms with Crippen molar-refractivity contribution in [2.75, 3.05) is 11.9 Å². The standard InChI is InChI=1S/C21H19ClN2OS/c22-17-8-6-16(7-9-17)14-15-23-21(26)24-18-10-12-20(13-11-18)25-19-4-2-1-3-5-19/h1-13H,14-15H2,(H2,23,24,26). The van der Waals surface area contributed by atoms with E-state index in [0.29, 0.717) is 5.11 Å². The average Bonchev–Trinajstić information content (AvgIpc) is 2.66. The molecule has 0 aliphatic heterocycles. The summed E-state index contributed by atoms with van der Waals surface area (Å²) in [6.45, 7) is 0.753. The average molecular weight is 383 g/mol. The molecule has 26 heavy (non-hydrogen) atoms. The van der Waals surface area contributed by atoms with E-state index in [2.05, 4.69) is 10.6 Å². The van der Waals surface area contributed by atoms with Gasteiger partial charge in [0.25, 0.3) is 0 Å². The Kier molecular flexibility index (Phi) is 6.47. The number of ether oxygens (including phenoxy) is 1. The monoisotopic (exact) mass is 382 g/mol. The molecule has 0 unspecified atom stereocenters. The molecule has 0 radical (unpaired) electrons.